The van der Waals surface area contributed by atoms with E-state index in [4.69, 9.17) is 39.5 Å². The molecule has 3 rings (SSSR count). The minimum atomic E-state index is -0.762. The average Bonchev–Trinajstić information content (AvgIpc) is 2.84. The van der Waals surface area contributed by atoms with Gasteiger partial charge in [0.25, 0.3) is 5.91 Å². The standard InChI is InChI=1S/C28H29Cl3N2O3/c1-19(2)16-32-28(35)25(14-20-7-4-3-5-8-20)33(17-21-9-6-10-22(29)13-21)27(34)18-36-26-12-11-23(30)15-24(26)31/h3-13,15,19,25H,14,16-18H2,1-2H3,(H,32,35)/t25-/m0/s1. The molecule has 190 valence electrons. The number of nitrogens with zero attached hydrogens (tertiary/aromatic N) is 1. The Balaban J connectivity index is 1.91. The topological polar surface area (TPSA) is 58.6 Å². The lowest BCUT2D eigenvalue weighted by atomic mass is 10.0. The van der Waals surface area contributed by atoms with Crippen LogP contribution in [0.5, 0.6) is 5.75 Å². The number of carbonyl (C=O) groups excluding carboxylic acids is 2. The minimum Gasteiger partial charge on any atom is -0.482 e. The number of benzene rings is 3. The molecule has 0 aliphatic carbocycles. The van der Waals surface area contributed by atoms with Gasteiger partial charge in [0.1, 0.15) is 11.8 Å². The van der Waals surface area contributed by atoms with Gasteiger partial charge in [-0.3, -0.25) is 9.59 Å². The van der Waals surface area contributed by atoms with Crippen molar-refractivity contribution in [3.8, 4) is 5.75 Å². The van der Waals surface area contributed by atoms with E-state index in [1.54, 1.807) is 30.3 Å². The number of ether oxygens (including phenoxy) is 1. The van der Waals surface area contributed by atoms with E-state index in [1.165, 1.54) is 4.90 Å². The van der Waals surface area contributed by atoms with Crippen LogP contribution in [0.2, 0.25) is 15.1 Å². The van der Waals surface area contributed by atoms with Gasteiger partial charge in [0.2, 0.25) is 5.91 Å². The lowest BCUT2D eigenvalue weighted by Crippen LogP contribution is -2.52. The summed E-state index contributed by atoms with van der Waals surface area (Å²) in [4.78, 5) is 28.5. The van der Waals surface area contributed by atoms with Crippen LogP contribution in [-0.4, -0.2) is 35.9 Å². The Morgan fingerprint density at radius 2 is 1.58 bits per heavy atom. The predicted octanol–water partition coefficient (Wildman–Crippen LogP) is 6.44. The van der Waals surface area contributed by atoms with E-state index in [0.717, 1.165) is 11.1 Å². The molecule has 0 radical (unpaired) electrons. The summed E-state index contributed by atoms with van der Waals surface area (Å²) in [6.07, 6.45) is 0.346. The van der Waals surface area contributed by atoms with Gasteiger partial charge in [-0.2, -0.15) is 0 Å². The molecule has 0 fully saturated rings. The van der Waals surface area contributed by atoms with Gasteiger partial charge in [-0.05, 0) is 47.4 Å². The summed E-state index contributed by atoms with van der Waals surface area (Å²) in [6.45, 7) is 4.42. The van der Waals surface area contributed by atoms with Crippen LogP contribution in [-0.2, 0) is 22.6 Å². The predicted molar refractivity (Wildman–Crippen MR) is 146 cm³/mol. The fraction of sp³-hybridized carbons (Fsp3) is 0.286. The van der Waals surface area contributed by atoms with Crippen molar-refractivity contribution in [2.24, 2.45) is 5.92 Å². The van der Waals surface area contributed by atoms with Crippen LogP contribution in [0.4, 0.5) is 0 Å². The first-order chi connectivity index (χ1) is 17.2. The maximum atomic E-state index is 13.6. The summed E-state index contributed by atoms with van der Waals surface area (Å²) in [6, 6.07) is 20.9. The van der Waals surface area contributed by atoms with Crippen LogP contribution >= 0.6 is 34.8 Å². The van der Waals surface area contributed by atoms with Crippen LogP contribution in [0, 0.1) is 5.92 Å². The third-order valence-corrected chi connectivity index (χ3v) is 6.21. The SMILES string of the molecule is CC(C)CNC(=O)[C@H](Cc1ccccc1)N(Cc1cccc(Cl)c1)C(=O)COc1ccc(Cl)cc1Cl. The van der Waals surface area contributed by atoms with Gasteiger partial charge < -0.3 is 15.0 Å². The van der Waals surface area contributed by atoms with E-state index in [0.29, 0.717) is 33.8 Å². The number of nitrogens with one attached hydrogen (secondary N) is 1. The van der Waals surface area contributed by atoms with Crippen LogP contribution in [0.25, 0.3) is 0 Å². The van der Waals surface area contributed by atoms with Crippen LogP contribution < -0.4 is 10.1 Å². The summed E-state index contributed by atoms with van der Waals surface area (Å²) in [7, 11) is 0. The van der Waals surface area contributed by atoms with Gasteiger partial charge in [0, 0.05) is 29.6 Å². The molecule has 3 aromatic carbocycles. The molecule has 0 aliphatic rings. The van der Waals surface area contributed by atoms with Crippen LogP contribution in [0.15, 0.2) is 72.8 Å². The van der Waals surface area contributed by atoms with Crippen LogP contribution in [0.1, 0.15) is 25.0 Å². The molecular weight excluding hydrogens is 519 g/mol. The van der Waals surface area contributed by atoms with E-state index in [9.17, 15) is 9.59 Å². The monoisotopic (exact) mass is 546 g/mol. The van der Waals surface area contributed by atoms with Crippen molar-refractivity contribution >= 4 is 46.6 Å². The van der Waals surface area contributed by atoms with E-state index in [-0.39, 0.29) is 30.9 Å². The molecule has 0 saturated carbocycles. The van der Waals surface area contributed by atoms with Gasteiger partial charge >= 0.3 is 0 Å². The van der Waals surface area contributed by atoms with E-state index < -0.39 is 6.04 Å². The number of amides is 2. The third kappa shape index (κ3) is 8.44. The molecule has 0 aromatic heterocycles. The van der Waals surface area contributed by atoms with E-state index in [2.05, 4.69) is 5.32 Å². The van der Waals surface area contributed by atoms with Gasteiger partial charge in [0.15, 0.2) is 6.61 Å². The van der Waals surface area contributed by atoms with Gasteiger partial charge in [0.05, 0.1) is 5.02 Å². The fourth-order valence-electron chi connectivity index (χ4n) is 3.62. The van der Waals surface area contributed by atoms with Crippen molar-refractivity contribution in [3.05, 3.63) is 99.0 Å². The molecule has 0 heterocycles. The molecule has 3 aromatic rings. The first-order valence-electron chi connectivity index (χ1n) is 11.7. The third-order valence-electron chi connectivity index (χ3n) is 5.44. The zero-order chi connectivity index (χ0) is 26.1. The second-order valence-corrected chi connectivity index (χ2v) is 10.1. The minimum absolute atomic E-state index is 0.184. The Bertz CT molecular complexity index is 1170. The second kappa shape index (κ2) is 13.5. The molecule has 36 heavy (non-hydrogen) atoms. The number of hydrogen-bond acceptors (Lipinski definition) is 3. The lowest BCUT2D eigenvalue weighted by molar-refractivity contribution is -0.142. The summed E-state index contributed by atoms with van der Waals surface area (Å²) in [5.74, 6) is 0.00820. The van der Waals surface area contributed by atoms with Gasteiger partial charge in [-0.1, -0.05) is 91.1 Å². The van der Waals surface area contributed by atoms with Crippen molar-refractivity contribution < 1.29 is 14.3 Å². The molecule has 0 aliphatic heterocycles. The molecule has 5 nitrogen and oxygen atoms in total. The van der Waals surface area contributed by atoms with E-state index in [1.807, 2.05) is 56.3 Å². The van der Waals surface area contributed by atoms with Gasteiger partial charge in [-0.15, -0.1) is 0 Å². The molecule has 0 unspecified atom stereocenters. The first-order valence-corrected chi connectivity index (χ1v) is 12.8. The van der Waals surface area contributed by atoms with Gasteiger partial charge in [-0.25, -0.2) is 0 Å². The molecular formula is C28H29Cl3N2O3. The Morgan fingerprint density at radius 3 is 2.25 bits per heavy atom. The normalized spacial score (nSPS) is 11.7. The summed E-state index contributed by atoms with van der Waals surface area (Å²) in [5.41, 5.74) is 1.74. The number of hydrogen-bond donors (Lipinski definition) is 1. The summed E-state index contributed by atoms with van der Waals surface area (Å²) < 4.78 is 5.73. The largest absolute Gasteiger partial charge is 0.482 e. The maximum Gasteiger partial charge on any atom is 0.261 e. The highest BCUT2D eigenvalue weighted by Crippen LogP contribution is 2.27. The average molecular weight is 548 g/mol. The quantitative estimate of drug-likeness (QED) is 0.301. The highest BCUT2D eigenvalue weighted by Gasteiger charge is 2.31. The van der Waals surface area contributed by atoms with E-state index >= 15 is 0 Å². The Hall–Kier alpha value is -2.73. The second-order valence-electron chi connectivity index (χ2n) is 8.86. The fourth-order valence-corrected chi connectivity index (χ4v) is 4.30. The highest BCUT2D eigenvalue weighted by atomic mass is 35.5. The van der Waals surface area contributed by atoms with Crippen molar-refractivity contribution in [1.29, 1.82) is 0 Å². The molecule has 0 saturated heterocycles. The molecule has 0 bridgehead atoms. The number of carbonyl (C=O) groups is 2. The first kappa shape index (κ1) is 27.9. The number of halogens is 3. The molecule has 2 amide bonds. The molecule has 1 N–H and O–H groups in total. The highest BCUT2D eigenvalue weighted by molar-refractivity contribution is 6.35. The van der Waals surface area contributed by atoms with Crippen LogP contribution in [0.3, 0.4) is 0 Å². The maximum absolute atomic E-state index is 13.6. The van der Waals surface area contributed by atoms with Crippen molar-refractivity contribution in [1.82, 2.24) is 10.2 Å². The zero-order valence-corrected chi connectivity index (χ0v) is 22.5. The zero-order valence-electron chi connectivity index (χ0n) is 20.2. The summed E-state index contributed by atoms with van der Waals surface area (Å²) in [5, 5.41) is 4.30. The smallest absolute Gasteiger partial charge is 0.261 e. The van der Waals surface area contributed by atoms with Crippen molar-refractivity contribution in [2.45, 2.75) is 32.9 Å². The van der Waals surface area contributed by atoms with Crippen molar-refractivity contribution in [2.75, 3.05) is 13.2 Å². The van der Waals surface area contributed by atoms with Crippen molar-refractivity contribution in [3.63, 3.8) is 0 Å². The molecule has 0 spiro atoms. The summed E-state index contributed by atoms with van der Waals surface area (Å²) >= 11 is 18.4. The molecule has 1 atom stereocenters. The lowest BCUT2D eigenvalue weighted by Gasteiger charge is -2.31. The Kier molecular flexibility index (Phi) is 10.5. The Morgan fingerprint density at radius 1 is 0.889 bits per heavy atom. The Labute approximate surface area is 227 Å². The number of rotatable bonds is 11. The molecule has 8 heteroatoms.